The molecule has 0 aromatic heterocycles. The Bertz CT molecular complexity index is 489. The number of methoxy groups -OCH3 is 2. The molecule has 0 unspecified atom stereocenters. The summed E-state index contributed by atoms with van der Waals surface area (Å²) in [6.45, 7) is 0. The first kappa shape index (κ1) is 11.7. The van der Waals surface area contributed by atoms with Gasteiger partial charge in [-0.15, -0.1) is 0 Å². The minimum atomic E-state index is 0.823. The first-order valence-electron chi connectivity index (χ1n) is 4.67. The highest BCUT2D eigenvalue weighted by molar-refractivity contribution is 9.11. The molecule has 2 rings (SSSR count). The van der Waals surface area contributed by atoms with Gasteiger partial charge < -0.3 is 9.47 Å². The predicted molar refractivity (Wildman–Crippen MR) is 72.5 cm³/mol. The molecule has 0 saturated heterocycles. The largest absolute Gasteiger partial charge is 0.496 e. The van der Waals surface area contributed by atoms with E-state index in [-0.39, 0.29) is 0 Å². The molecule has 2 nitrogen and oxygen atoms in total. The fourth-order valence-corrected chi connectivity index (χ4v) is 2.74. The monoisotopic (exact) mass is 344 g/mol. The Labute approximate surface area is 111 Å². The molecule has 0 aliphatic heterocycles. The maximum atomic E-state index is 5.36. The molecule has 84 valence electrons. The first-order valence-corrected chi connectivity index (χ1v) is 6.26. The highest BCUT2D eigenvalue weighted by Gasteiger charge is 2.12. The lowest BCUT2D eigenvalue weighted by Gasteiger charge is -2.12. The van der Waals surface area contributed by atoms with Crippen LogP contribution in [0.3, 0.4) is 0 Å². The van der Waals surface area contributed by atoms with Crippen LogP contribution in [-0.2, 0) is 0 Å². The summed E-state index contributed by atoms with van der Waals surface area (Å²) in [7, 11) is 3.32. The number of hydrogen-bond acceptors (Lipinski definition) is 2. The Balaban J connectivity index is 2.94. The Morgan fingerprint density at radius 1 is 0.750 bits per heavy atom. The molecule has 0 spiro atoms. The van der Waals surface area contributed by atoms with Crippen LogP contribution in [0.15, 0.2) is 33.2 Å². The van der Waals surface area contributed by atoms with Crippen LogP contribution in [0, 0.1) is 0 Å². The Hall–Kier alpha value is -0.740. The minimum absolute atomic E-state index is 0.823. The minimum Gasteiger partial charge on any atom is -0.496 e. The van der Waals surface area contributed by atoms with Crippen LogP contribution < -0.4 is 9.47 Å². The predicted octanol–water partition coefficient (Wildman–Crippen LogP) is 4.38. The average molecular weight is 346 g/mol. The van der Waals surface area contributed by atoms with Crippen molar-refractivity contribution in [3.8, 4) is 11.5 Å². The summed E-state index contributed by atoms with van der Waals surface area (Å²) in [6.07, 6.45) is 0. The van der Waals surface area contributed by atoms with Gasteiger partial charge in [-0.05, 0) is 24.3 Å². The van der Waals surface area contributed by atoms with E-state index in [1.54, 1.807) is 14.2 Å². The Morgan fingerprint density at radius 3 is 1.44 bits per heavy atom. The number of hydrogen-bond donors (Lipinski definition) is 0. The number of benzene rings is 2. The fraction of sp³-hybridized carbons (Fsp3) is 0.167. The van der Waals surface area contributed by atoms with Crippen LogP contribution in [0.4, 0.5) is 0 Å². The summed E-state index contributed by atoms with van der Waals surface area (Å²) in [5.41, 5.74) is 0. The average Bonchev–Trinajstić information content (AvgIpc) is 2.31. The van der Waals surface area contributed by atoms with Crippen molar-refractivity contribution in [2.75, 3.05) is 14.2 Å². The van der Waals surface area contributed by atoms with Gasteiger partial charge in [0, 0.05) is 19.7 Å². The topological polar surface area (TPSA) is 18.5 Å². The van der Waals surface area contributed by atoms with E-state index in [0.717, 1.165) is 31.2 Å². The van der Waals surface area contributed by atoms with Crippen molar-refractivity contribution < 1.29 is 9.47 Å². The van der Waals surface area contributed by atoms with Gasteiger partial charge in [0.2, 0.25) is 0 Å². The number of halogens is 2. The van der Waals surface area contributed by atoms with E-state index in [1.807, 2.05) is 24.3 Å². The lowest BCUT2D eigenvalue weighted by molar-refractivity contribution is 0.415. The van der Waals surface area contributed by atoms with Gasteiger partial charge in [-0.3, -0.25) is 0 Å². The maximum absolute atomic E-state index is 5.36. The molecule has 0 bridgehead atoms. The molecule has 0 fully saturated rings. The lowest BCUT2D eigenvalue weighted by Crippen LogP contribution is -1.90. The molecule has 0 atom stereocenters. The zero-order valence-corrected chi connectivity index (χ0v) is 12.1. The quantitative estimate of drug-likeness (QED) is 0.804. The zero-order chi connectivity index (χ0) is 11.7. The molecule has 2 aromatic carbocycles. The summed E-state index contributed by atoms with van der Waals surface area (Å²) < 4.78 is 12.7. The fourth-order valence-electron chi connectivity index (χ4n) is 1.69. The standard InChI is InChI=1S/C12H10Br2O2/c1-15-9-5-3-8(14)12-10(16-2)6-4-7(13)11(9)12/h3-6H,1-2H3. The van der Waals surface area contributed by atoms with Crippen molar-refractivity contribution in [2.45, 2.75) is 0 Å². The third kappa shape index (κ3) is 1.80. The van der Waals surface area contributed by atoms with Crippen molar-refractivity contribution in [3.05, 3.63) is 33.2 Å². The van der Waals surface area contributed by atoms with E-state index in [9.17, 15) is 0 Å². The van der Waals surface area contributed by atoms with Crippen LogP contribution >= 0.6 is 31.9 Å². The highest BCUT2D eigenvalue weighted by atomic mass is 79.9. The van der Waals surface area contributed by atoms with Gasteiger partial charge in [0.05, 0.1) is 14.2 Å². The zero-order valence-electron chi connectivity index (χ0n) is 8.88. The molecule has 4 heteroatoms. The van der Waals surface area contributed by atoms with Gasteiger partial charge in [-0.25, -0.2) is 0 Å². The van der Waals surface area contributed by atoms with Gasteiger partial charge in [0.25, 0.3) is 0 Å². The van der Waals surface area contributed by atoms with Crippen LogP contribution in [-0.4, -0.2) is 14.2 Å². The van der Waals surface area contributed by atoms with E-state index < -0.39 is 0 Å². The van der Waals surface area contributed by atoms with Crippen LogP contribution in [0.25, 0.3) is 10.8 Å². The first-order chi connectivity index (χ1) is 7.69. The normalized spacial score (nSPS) is 10.5. The second-order valence-electron chi connectivity index (χ2n) is 3.25. The molecule has 0 heterocycles. The maximum Gasteiger partial charge on any atom is 0.128 e. The number of fused-ring (bicyclic) bond motifs is 1. The Kier molecular flexibility index (Phi) is 3.40. The van der Waals surface area contributed by atoms with Crippen molar-refractivity contribution in [1.29, 1.82) is 0 Å². The molecular formula is C12H10Br2O2. The molecule has 0 radical (unpaired) electrons. The summed E-state index contributed by atoms with van der Waals surface area (Å²) in [5, 5.41) is 2.02. The number of ether oxygens (including phenoxy) is 2. The van der Waals surface area contributed by atoms with Gasteiger partial charge in [-0.1, -0.05) is 31.9 Å². The summed E-state index contributed by atoms with van der Waals surface area (Å²) in [4.78, 5) is 0. The summed E-state index contributed by atoms with van der Waals surface area (Å²) in [6, 6.07) is 7.76. The highest BCUT2D eigenvalue weighted by Crippen LogP contribution is 2.41. The third-order valence-electron chi connectivity index (χ3n) is 2.42. The molecular weight excluding hydrogens is 336 g/mol. The molecule has 0 saturated carbocycles. The summed E-state index contributed by atoms with van der Waals surface area (Å²) in [5.74, 6) is 1.65. The molecule has 0 aliphatic rings. The van der Waals surface area contributed by atoms with Gasteiger partial charge in [-0.2, -0.15) is 0 Å². The molecule has 0 amide bonds. The van der Waals surface area contributed by atoms with Crippen molar-refractivity contribution in [2.24, 2.45) is 0 Å². The van der Waals surface area contributed by atoms with Gasteiger partial charge in [0.15, 0.2) is 0 Å². The van der Waals surface area contributed by atoms with Gasteiger partial charge >= 0.3 is 0 Å². The summed E-state index contributed by atoms with van der Waals surface area (Å²) >= 11 is 7.06. The second kappa shape index (κ2) is 4.63. The molecule has 16 heavy (non-hydrogen) atoms. The van der Waals surface area contributed by atoms with E-state index in [0.29, 0.717) is 0 Å². The molecule has 0 N–H and O–H groups in total. The van der Waals surface area contributed by atoms with E-state index in [1.165, 1.54) is 0 Å². The number of rotatable bonds is 2. The van der Waals surface area contributed by atoms with Crippen LogP contribution in [0.1, 0.15) is 0 Å². The van der Waals surface area contributed by atoms with Crippen molar-refractivity contribution >= 4 is 42.6 Å². The lowest BCUT2D eigenvalue weighted by atomic mass is 10.1. The van der Waals surface area contributed by atoms with Crippen molar-refractivity contribution in [3.63, 3.8) is 0 Å². The van der Waals surface area contributed by atoms with Crippen molar-refractivity contribution in [1.82, 2.24) is 0 Å². The molecule has 2 aromatic rings. The van der Waals surface area contributed by atoms with Crippen LogP contribution in [0.5, 0.6) is 11.5 Å². The van der Waals surface area contributed by atoms with E-state index in [4.69, 9.17) is 9.47 Å². The van der Waals surface area contributed by atoms with E-state index in [2.05, 4.69) is 31.9 Å². The van der Waals surface area contributed by atoms with Crippen LogP contribution in [0.2, 0.25) is 0 Å². The third-order valence-corrected chi connectivity index (χ3v) is 3.74. The van der Waals surface area contributed by atoms with Gasteiger partial charge in [0.1, 0.15) is 11.5 Å². The molecule has 0 aliphatic carbocycles. The smallest absolute Gasteiger partial charge is 0.128 e. The van der Waals surface area contributed by atoms with E-state index >= 15 is 0 Å². The second-order valence-corrected chi connectivity index (χ2v) is 4.96. The Morgan fingerprint density at radius 2 is 1.12 bits per heavy atom. The SMILES string of the molecule is COc1ccc(Br)c2c(OC)ccc(Br)c12.